The van der Waals surface area contributed by atoms with Crippen molar-refractivity contribution in [2.24, 2.45) is 0 Å². The monoisotopic (exact) mass is 244 g/mol. The zero-order chi connectivity index (χ0) is 11.6. The quantitative estimate of drug-likeness (QED) is 0.849. The maximum absolute atomic E-state index is 12.6. The van der Waals surface area contributed by atoms with Gasteiger partial charge >= 0.3 is 0 Å². The Morgan fingerprint density at radius 2 is 2.00 bits per heavy atom. The molecule has 1 aromatic rings. The van der Waals surface area contributed by atoms with Gasteiger partial charge in [0.2, 0.25) is 0 Å². The van der Waals surface area contributed by atoms with Crippen LogP contribution in [0.5, 0.6) is 0 Å². The molecule has 0 spiro atoms. The van der Waals surface area contributed by atoms with Crippen LogP contribution in [0, 0.1) is 5.82 Å². The van der Waals surface area contributed by atoms with Crippen LogP contribution in [0.15, 0.2) is 18.3 Å². The Hall–Kier alpha value is -1.17. The minimum Gasteiger partial charge on any atom is -0.367 e. The molecule has 0 atom stereocenters. The van der Waals surface area contributed by atoms with E-state index in [1.54, 1.807) is 6.07 Å². The van der Waals surface area contributed by atoms with E-state index in [1.807, 2.05) is 0 Å². The summed E-state index contributed by atoms with van der Waals surface area (Å²) in [5.41, 5.74) is 0. The number of anilines is 1. The minimum absolute atomic E-state index is 0.112. The van der Waals surface area contributed by atoms with E-state index in [0.717, 1.165) is 6.20 Å². The number of halogens is 1. The van der Waals surface area contributed by atoms with Crippen LogP contribution in [0.1, 0.15) is 12.8 Å². The average molecular weight is 244 g/mol. The maximum Gasteiger partial charge on any atom is 0.150 e. The lowest BCUT2D eigenvalue weighted by atomic mass is 10.1. The SMILES string of the molecule is O=S1(=O)CCC(Nc2ccc(F)cn2)CC1. The summed E-state index contributed by atoms with van der Waals surface area (Å²) in [6.07, 6.45) is 2.31. The fourth-order valence-electron chi connectivity index (χ4n) is 1.70. The molecule has 0 amide bonds. The molecule has 0 unspecified atom stereocenters. The molecular formula is C10H13FN2O2S. The molecule has 1 aliphatic heterocycles. The molecule has 6 heteroatoms. The maximum atomic E-state index is 12.6. The Bertz CT molecular complexity index is 444. The number of rotatable bonds is 2. The van der Waals surface area contributed by atoms with Crippen molar-refractivity contribution < 1.29 is 12.8 Å². The summed E-state index contributed by atoms with van der Waals surface area (Å²) in [4.78, 5) is 3.87. The topological polar surface area (TPSA) is 59.1 Å². The first-order valence-corrected chi connectivity index (χ1v) is 6.96. The molecule has 1 aliphatic rings. The summed E-state index contributed by atoms with van der Waals surface area (Å²) >= 11 is 0. The predicted molar refractivity (Wildman–Crippen MR) is 59.5 cm³/mol. The van der Waals surface area contributed by atoms with Gasteiger partial charge in [0.25, 0.3) is 0 Å². The second kappa shape index (κ2) is 4.37. The van der Waals surface area contributed by atoms with Crippen LogP contribution in [0.4, 0.5) is 10.2 Å². The van der Waals surface area contributed by atoms with Crippen LogP contribution in [-0.2, 0) is 9.84 Å². The molecule has 0 radical (unpaired) electrons. The van der Waals surface area contributed by atoms with E-state index in [9.17, 15) is 12.8 Å². The van der Waals surface area contributed by atoms with E-state index in [0.29, 0.717) is 18.7 Å². The van der Waals surface area contributed by atoms with Gasteiger partial charge in [0.1, 0.15) is 21.5 Å². The Morgan fingerprint density at radius 3 is 2.56 bits per heavy atom. The highest BCUT2D eigenvalue weighted by molar-refractivity contribution is 7.91. The molecule has 1 saturated heterocycles. The molecule has 0 aromatic carbocycles. The lowest BCUT2D eigenvalue weighted by molar-refractivity contribution is 0.559. The number of pyridine rings is 1. The molecule has 2 rings (SSSR count). The second-order valence-electron chi connectivity index (χ2n) is 3.93. The first-order chi connectivity index (χ1) is 7.55. The summed E-state index contributed by atoms with van der Waals surface area (Å²) in [6, 6.07) is 2.99. The van der Waals surface area contributed by atoms with E-state index in [4.69, 9.17) is 0 Å². The van der Waals surface area contributed by atoms with Gasteiger partial charge in [-0.05, 0) is 25.0 Å². The molecule has 1 aromatic heterocycles. The minimum atomic E-state index is -2.84. The van der Waals surface area contributed by atoms with Crippen LogP contribution in [-0.4, -0.2) is 30.9 Å². The van der Waals surface area contributed by atoms with Gasteiger partial charge in [-0.25, -0.2) is 17.8 Å². The summed E-state index contributed by atoms with van der Waals surface area (Å²) in [5.74, 6) is 0.639. The molecule has 2 heterocycles. The molecule has 0 aliphatic carbocycles. The fourth-order valence-corrected chi connectivity index (χ4v) is 3.20. The van der Waals surface area contributed by atoms with Gasteiger partial charge in [-0.1, -0.05) is 0 Å². The standard InChI is InChI=1S/C10H13FN2O2S/c11-8-1-2-10(12-7-8)13-9-3-5-16(14,15)6-4-9/h1-2,7,9H,3-6H2,(H,12,13). The van der Waals surface area contributed by atoms with Crippen LogP contribution >= 0.6 is 0 Å². The van der Waals surface area contributed by atoms with Gasteiger partial charge in [0.05, 0.1) is 17.7 Å². The zero-order valence-electron chi connectivity index (χ0n) is 8.69. The average Bonchev–Trinajstić information content (AvgIpc) is 2.24. The smallest absolute Gasteiger partial charge is 0.150 e. The molecule has 4 nitrogen and oxygen atoms in total. The van der Waals surface area contributed by atoms with E-state index in [2.05, 4.69) is 10.3 Å². The number of hydrogen-bond donors (Lipinski definition) is 1. The highest BCUT2D eigenvalue weighted by Crippen LogP contribution is 2.16. The van der Waals surface area contributed by atoms with E-state index in [-0.39, 0.29) is 23.4 Å². The highest BCUT2D eigenvalue weighted by atomic mass is 32.2. The number of hydrogen-bond acceptors (Lipinski definition) is 4. The van der Waals surface area contributed by atoms with Crippen molar-refractivity contribution in [3.8, 4) is 0 Å². The van der Waals surface area contributed by atoms with Gasteiger partial charge in [-0.2, -0.15) is 0 Å². The molecule has 16 heavy (non-hydrogen) atoms. The normalized spacial score (nSPS) is 20.6. The largest absolute Gasteiger partial charge is 0.367 e. The van der Waals surface area contributed by atoms with Crippen molar-refractivity contribution >= 4 is 15.7 Å². The van der Waals surface area contributed by atoms with Gasteiger partial charge < -0.3 is 5.32 Å². The summed E-state index contributed by atoms with van der Waals surface area (Å²) in [7, 11) is -2.84. The van der Waals surface area contributed by atoms with Gasteiger partial charge in [-0.15, -0.1) is 0 Å². The second-order valence-corrected chi connectivity index (χ2v) is 6.24. The van der Waals surface area contributed by atoms with Crippen LogP contribution in [0.25, 0.3) is 0 Å². The zero-order valence-corrected chi connectivity index (χ0v) is 9.50. The molecule has 88 valence electrons. The van der Waals surface area contributed by atoms with Crippen molar-refractivity contribution in [3.63, 3.8) is 0 Å². The lowest BCUT2D eigenvalue weighted by Gasteiger charge is -2.23. The molecule has 0 bridgehead atoms. The van der Waals surface area contributed by atoms with Crippen molar-refractivity contribution in [1.29, 1.82) is 0 Å². The summed E-state index contributed by atoms with van der Waals surface area (Å²) in [5, 5.41) is 3.10. The third kappa shape index (κ3) is 2.91. The Morgan fingerprint density at radius 1 is 1.31 bits per heavy atom. The van der Waals surface area contributed by atoms with Crippen molar-refractivity contribution in [2.75, 3.05) is 16.8 Å². The van der Waals surface area contributed by atoms with E-state index < -0.39 is 9.84 Å². The Labute approximate surface area is 93.8 Å². The molecule has 0 saturated carbocycles. The highest BCUT2D eigenvalue weighted by Gasteiger charge is 2.23. The number of nitrogens with zero attached hydrogens (tertiary/aromatic N) is 1. The van der Waals surface area contributed by atoms with Gasteiger partial charge in [-0.3, -0.25) is 0 Å². The third-order valence-electron chi connectivity index (χ3n) is 2.63. The molecule has 1 N–H and O–H groups in total. The lowest BCUT2D eigenvalue weighted by Crippen LogP contribution is -2.32. The van der Waals surface area contributed by atoms with E-state index in [1.165, 1.54) is 6.07 Å². The summed E-state index contributed by atoms with van der Waals surface area (Å²) < 4.78 is 35.0. The molecule has 1 fully saturated rings. The first kappa shape index (κ1) is 11.3. The number of sulfone groups is 1. The van der Waals surface area contributed by atoms with Crippen LogP contribution < -0.4 is 5.32 Å². The van der Waals surface area contributed by atoms with Crippen molar-refractivity contribution in [3.05, 3.63) is 24.1 Å². The molecular weight excluding hydrogens is 231 g/mol. The van der Waals surface area contributed by atoms with Crippen LogP contribution in [0.2, 0.25) is 0 Å². The number of nitrogens with one attached hydrogen (secondary N) is 1. The van der Waals surface area contributed by atoms with Crippen molar-refractivity contribution in [1.82, 2.24) is 4.98 Å². The van der Waals surface area contributed by atoms with Crippen LogP contribution in [0.3, 0.4) is 0 Å². The Balaban J connectivity index is 1.94. The predicted octanol–water partition coefficient (Wildman–Crippen LogP) is 1.21. The van der Waals surface area contributed by atoms with Crippen molar-refractivity contribution in [2.45, 2.75) is 18.9 Å². The van der Waals surface area contributed by atoms with E-state index >= 15 is 0 Å². The van der Waals surface area contributed by atoms with Gasteiger partial charge in [0, 0.05) is 6.04 Å². The fraction of sp³-hybridized carbons (Fsp3) is 0.500. The number of aromatic nitrogens is 1. The first-order valence-electron chi connectivity index (χ1n) is 5.14. The summed E-state index contributed by atoms with van der Waals surface area (Å²) in [6.45, 7) is 0. The third-order valence-corrected chi connectivity index (χ3v) is 4.35. The Kier molecular flexibility index (Phi) is 3.09. The van der Waals surface area contributed by atoms with Gasteiger partial charge in [0.15, 0.2) is 0 Å².